The number of hydrogen-bond donors (Lipinski definition) is 0. The zero-order valence-electron chi connectivity index (χ0n) is 14.9. The van der Waals surface area contributed by atoms with Crippen LogP contribution in [0.1, 0.15) is 20.7 Å². The molecular formula is C22H12N2O5. The van der Waals surface area contributed by atoms with E-state index in [4.69, 9.17) is 4.42 Å². The van der Waals surface area contributed by atoms with Crippen molar-refractivity contribution in [3.05, 3.63) is 94.0 Å². The van der Waals surface area contributed by atoms with Gasteiger partial charge in [-0.3, -0.25) is 19.7 Å². The van der Waals surface area contributed by atoms with Crippen LogP contribution < -0.4 is 4.90 Å². The molecule has 1 aliphatic rings. The van der Waals surface area contributed by atoms with Crippen LogP contribution in [0.5, 0.6) is 0 Å². The van der Waals surface area contributed by atoms with Crippen molar-refractivity contribution in [1.82, 2.24) is 0 Å². The van der Waals surface area contributed by atoms with E-state index in [1.807, 2.05) is 0 Å². The molecule has 0 N–H and O–H groups in total. The molecule has 2 amide bonds. The number of nitrogens with zero attached hydrogens (tertiary/aromatic N) is 2. The first-order valence-electron chi connectivity index (χ1n) is 8.80. The van der Waals surface area contributed by atoms with Crippen LogP contribution in [0, 0.1) is 10.1 Å². The number of fused-ring (bicyclic) bond motifs is 2. The Bertz CT molecular complexity index is 1290. The van der Waals surface area contributed by atoms with E-state index >= 15 is 0 Å². The van der Waals surface area contributed by atoms with Crippen molar-refractivity contribution in [2.45, 2.75) is 0 Å². The van der Waals surface area contributed by atoms with Gasteiger partial charge in [-0.1, -0.05) is 42.5 Å². The van der Waals surface area contributed by atoms with E-state index in [0.717, 1.165) is 4.90 Å². The number of nitro groups is 1. The monoisotopic (exact) mass is 384 g/mol. The maximum absolute atomic E-state index is 12.6. The van der Waals surface area contributed by atoms with E-state index in [9.17, 15) is 19.7 Å². The molecule has 1 aliphatic heterocycles. The first-order chi connectivity index (χ1) is 14.1. The first-order valence-corrected chi connectivity index (χ1v) is 8.80. The van der Waals surface area contributed by atoms with Crippen LogP contribution in [0.3, 0.4) is 0 Å². The van der Waals surface area contributed by atoms with Gasteiger partial charge in [0, 0.05) is 5.39 Å². The van der Waals surface area contributed by atoms with Crippen molar-refractivity contribution >= 4 is 34.4 Å². The van der Waals surface area contributed by atoms with Crippen LogP contribution in [0.2, 0.25) is 0 Å². The third-order valence-corrected chi connectivity index (χ3v) is 4.95. The van der Waals surface area contributed by atoms with Crippen LogP contribution in [0.4, 0.5) is 11.6 Å². The quantitative estimate of drug-likeness (QED) is 0.287. The summed E-state index contributed by atoms with van der Waals surface area (Å²) in [6, 6.07) is 20.1. The van der Waals surface area contributed by atoms with Gasteiger partial charge in [0.05, 0.1) is 16.8 Å². The molecule has 0 aliphatic carbocycles. The second kappa shape index (κ2) is 6.13. The van der Waals surface area contributed by atoms with Gasteiger partial charge in [0.15, 0.2) is 0 Å². The highest BCUT2D eigenvalue weighted by molar-refractivity contribution is 6.34. The lowest BCUT2D eigenvalue weighted by Crippen LogP contribution is -2.29. The molecule has 0 bridgehead atoms. The molecule has 0 unspecified atom stereocenters. The third kappa shape index (κ3) is 2.45. The Hall–Kier alpha value is -4.26. The average molecular weight is 384 g/mol. The van der Waals surface area contributed by atoms with E-state index in [1.165, 1.54) is 0 Å². The lowest BCUT2D eigenvalue weighted by Gasteiger charge is -2.14. The van der Waals surface area contributed by atoms with Crippen LogP contribution in [-0.4, -0.2) is 16.7 Å². The summed E-state index contributed by atoms with van der Waals surface area (Å²) in [5.74, 6) is -1.13. The molecule has 7 heteroatoms. The molecule has 1 aromatic heterocycles. The van der Waals surface area contributed by atoms with Gasteiger partial charge in [-0.15, -0.1) is 0 Å². The summed E-state index contributed by atoms with van der Waals surface area (Å²) < 4.78 is 5.40. The van der Waals surface area contributed by atoms with Gasteiger partial charge in [-0.05, 0) is 35.9 Å². The molecule has 0 fully saturated rings. The average Bonchev–Trinajstić information content (AvgIpc) is 3.25. The lowest BCUT2D eigenvalue weighted by molar-refractivity contribution is -0.400. The molecule has 3 aromatic carbocycles. The molecule has 0 atom stereocenters. The number of furan rings is 1. The zero-order chi connectivity index (χ0) is 20.1. The Morgan fingerprint density at radius 3 is 2.00 bits per heavy atom. The maximum Gasteiger partial charge on any atom is 0.442 e. The van der Waals surface area contributed by atoms with Crippen molar-refractivity contribution in [1.29, 1.82) is 0 Å². The molecule has 0 spiro atoms. The minimum atomic E-state index is -0.562. The van der Waals surface area contributed by atoms with Gasteiger partial charge in [0.2, 0.25) is 0 Å². The largest absolute Gasteiger partial charge is 0.442 e. The third-order valence-electron chi connectivity index (χ3n) is 4.95. The Balaban J connectivity index is 1.59. The first kappa shape index (κ1) is 16.9. The summed E-state index contributed by atoms with van der Waals surface area (Å²) in [6.45, 7) is 0. The highest BCUT2D eigenvalue weighted by atomic mass is 16.6. The molecule has 7 nitrogen and oxygen atoms in total. The molecular weight excluding hydrogens is 372 g/mol. The summed E-state index contributed by atoms with van der Waals surface area (Å²) >= 11 is 0. The zero-order valence-corrected chi connectivity index (χ0v) is 14.9. The minimum Gasteiger partial charge on any atom is -0.400 e. The number of anilines is 1. The minimum absolute atomic E-state index is 0.348. The number of amides is 2. The van der Waals surface area contributed by atoms with Gasteiger partial charge in [-0.2, -0.15) is 0 Å². The normalized spacial score (nSPS) is 13.2. The molecule has 5 rings (SSSR count). The fraction of sp³-hybridized carbons (Fsp3) is 0. The molecule has 140 valence electrons. The van der Waals surface area contributed by atoms with Gasteiger partial charge >= 0.3 is 5.88 Å². The fourth-order valence-electron chi connectivity index (χ4n) is 3.64. The van der Waals surface area contributed by atoms with Crippen LogP contribution in [-0.2, 0) is 0 Å². The predicted molar refractivity (Wildman–Crippen MR) is 106 cm³/mol. The molecule has 0 saturated heterocycles. The lowest BCUT2D eigenvalue weighted by atomic mass is 10.0. The second-order valence-corrected chi connectivity index (χ2v) is 6.57. The molecule has 4 aromatic rings. The number of para-hydroxylation sites is 1. The van der Waals surface area contributed by atoms with Gasteiger partial charge < -0.3 is 4.42 Å². The Morgan fingerprint density at radius 2 is 1.38 bits per heavy atom. The standard InChI is InChI=1S/C22H12N2O5/c25-20-15-5-1-2-6-16(15)21(26)23(20)14-11-9-13(10-12-14)19-17-7-3-4-8-18(17)29-22(19)24(27)28/h1-12H. The maximum atomic E-state index is 12.6. The molecule has 0 radical (unpaired) electrons. The summed E-state index contributed by atoms with van der Waals surface area (Å²) in [4.78, 5) is 37.3. The van der Waals surface area contributed by atoms with Crippen molar-refractivity contribution in [2.75, 3.05) is 4.90 Å². The van der Waals surface area contributed by atoms with Crippen LogP contribution >= 0.6 is 0 Å². The van der Waals surface area contributed by atoms with Gasteiger partial charge in [0.1, 0.15) is 16.1 Å². The number of benzene rings is 3. The van der Waals surface area contributed by atoms with Crippen LogP contribution in [0.15, 0.2) is 77.2 Å². The van der Waals surface area contributed by atoms with Crippen LogP contribution in [0.25, 0.3) is 22.1 Å². The summed E-state index contributed by atoms with van der Waals surface area (Å²) in [5, 5.41) is 12.1. The summed E-state index contributed by atoms with van der Waals surface area (Å²) in [7, 11) is 0. The topological polar surface area (TPSA) is 93.7 Å². The fourth-order valence-corrected chi connectivity index (χ4v) is 3.64. The molecule has 29 heavy (non-hydrogen) atoms. The Morgan fingerprint density at radius 1 is 0.793 bits per heavy atom. The van der Waals surface area contributed by atoms with Gasteiger partial charge in [0.25, 0.3) is 11.8 Å². The molecule has 0 saturated carbocycles. The van der Waals surface area contributed by atoms with Crippen molar-refractivity contribution in [3.63, 3.8) is 0 Å². The smallest absolute Gasteiger partial charge is 0.400 e. The molecule has 2 heterocycles. The summed E-state index contributed by atoms with van der Waals surface area (Å²) in [6.07, 6.45) is 0. The van der Waals surface area contributed by atoms with E-state index in [1.54, 1.807) is 72.8 Å². The highest BCUT2D eigenvalue weighted by Crippen LogP contribution is 2.40. The van der Waals surface area contributed by atoms with E-state index < -0.39 is 16.7 Å². The second-order valence-electron chi connectivity index (χ2n) is 6.57. The van der Waals surface area contributed by atoms with E-state index in [0.29, 0.717) is 38.9 Å². The van der Waals surface area contributed by atoms with E-state index in [-0.39, 0.29) is 5.88 Å². The van der Waals surface area contributed by atoms with Gasteiger partial charge in [-0.25, -0.2) is 4.90 Å². The Labute approximate surface area is 163 Å². The van der Waals surface area contributed by atoms with Crippen molar-refractivity contribution in [3.8, 4) is 11.1 Å². The number of rotatable bonds is 3. The number of hydrogen-bond acceptors (Lipinski definition) is 5. The Kier molecular flexibility index (Phi) is 3.57. The SMILES string of the molecule is O=C1c2ccccc2C(=O)N1c1ccc(-c2c([N+](=O)[O-])oc3ccccc23)cc1. The number of carbonyl (C=O) groups is 2. The number of carbonyl (C=O) groups excluding carboxylic acids is 2. The van der Waals surface area contributed by atoms with E-state index in [2.05, 4.69) is 0 Å². The van der Waals surface area contributed by atoms with Crippen molar-refractivity contribution in [2.24, 2.45) is 0 Å². The summed E-state index contributed by atoms with van der Waals surface area (Å²) in [5.41, 5.74) is 2.45. The predicted octanol–water partition coefficient (Wildman–Crippen LogP) is 4.81. The highest BCUT2D eigenvalue weighted by Gasteiger charge is 2.36. The van der Waals surface area contributed by atoms with Crippen molar-refractivity contribution < 1.29 is 18.9 Å². The number of imide groups is 1.